The third-order valence-corrected chi connectivity index (χ3v) is 4.55. The van der Waals surface area contributed by atoms with Gasteiger partial charge in [0.15, 0.2) is 0 Å². The summed E-state index contributed by atoms with van der Waals surface area (Å²) in [6.45, 7) is 3.40. The van der Waals surface area contributed by atoms with Crippen LogP contribution in [0.5, 0.6) is 0 Å². The second-order valence-corrected chi connectivity index (χ2v) is 7.19. The van der Waals surface area contributed by atoms with Crippen LogP contribution in [-0.4, -0.2) is 17.0 Å². The Morgan fingerprint density at radius 3 is 2.60 bits per heavy atom. The first-order valence-corrected chi connectivity index (χ1v) is 9.52. The summed E-state index contributed by atoms with van der Waals surface area (Å²) in [4.78, 5) is 23.5. The molecule has 134 valence electrons. The predicted molar refractivity (Wildman–Crippen MR) is 105 cm³/mol. The molecule has 1 aromatic heterocycles. The highest BCUT2D eigenvalue weighted by molar-refractivity contribution is 9.10. The molecular formula is C20H25BrN2O2. The predicted octanol–water partition coefficient (Wildman–Crippen LogP) is 3.84. The summed E-state index contributed by atoms with van der Waals surface area (Å²) >= 11 is 3.37. The van der Waals surface area contributed by atoms with Gasteiger partial charge in [0.2, 0.25) is 5.91 Å². The van der Waals surface area contributed by atoms with Crippen LogP contribution in [0.25, 0.3) is 0 Å². The van der Waals surface area contributed by atoms with E-state index in [4.69, 9.17) is 0 Å². The van der Waals surface area contributed by atoms with E-state index in [0.717, 1.165) is 30.2 Å². The van der Waals surface area contributed by atoms with E-state index in [2.05, 4.69) is 52.4 Å². The molecule has 0 atom stereocenters. The lowest BCUT2D eigenvalue weighted by molar-refractivity contribution is -0.121. The average Bonchev–Trinajstić information content (AvgIpc) is 2.59. The fourth-order valence-corrected chi connectivity index (χ4v) is 2.99. The summed E-state index contributed by atoms with van der Waals surface area (Å²) in [6.07, 6.45) is 5.87. The van der Waals surface area contributed by atoms with Crippen molar-refractivity contribution in [2.45, 2.75) is 45.6 Å². The Bertz CT molecular complexity index is 738. The number of unbranched alkanes of at least 4 members (excludes halogenated alkanes) is 1. The molecule has 0 unspecified atom stereocenters. The Hall–Kier alpha value is -1.88. The highest BCUT2D eigenvalue weighted by Gasteiger charge is 2.02. The molecule has 1 N–H and O–H groups in total. The normalized spacial score (nSPS) is 10.6. The lowest BCUT2D eigenvalue weighted by Crippen LogP contribution is -2.25. The number of pyridine rings is 1. The topological polar surface area (TPSA) is 51.1 Å². The van der Waals surface area contributed by atoms with Crippen LogP contribution in [0.4, 0.5) is 0 Å². The van der Waals surface area contributed by atoms with Gasteiger partial charge in [-0.05, 0) is 60.2 Å². The Morgan fingerprint density at radius 1 is 1.08 bits per heavy atom. The number of hydrogen-bond acceptors (Lipinski definition) is 2. The first-order valence-electron chi connectivity index (χ1n) is 8.73. The molecule has 0 bridgehead atoms. The monoisotopic (exact) mass is 404 g/mol. The van der Waals surface area contributed by atoms with Crippen LogP contribution in [0.3, 0.4) is 0 Å². The van der Waals surface area contributed by atoms with Gasteiger partial charge < -0.3 is 9.88 Å². The highest BCUT2D eigenvalue weighted by Crippen LogP contribution is 2.07. The summed E-state index contributed by atoms with van der Waals surface area (Å²) in [5.74, 6) is 0.103. The summed E-state index contributed by atoms with van der Waals surface area (Å²) in [5, 5.41) is 2.95. The maximum absolute atomic E-state index is 11.8. The maximum atomic E-state index is 11.8. The number of rotatable bonds is 9. The molecule has 0 fully saturated rings. The molecule has 0 aliphatic heterocycles. The van der Waals surface area contributed by atoms with Crippen LogP contribution >= 0.6 is 15.9 Å². The van der Waals surface area contributed by atoms with Gasteiger partial charge in [-0.3, -0.25) is 9.59 Å². The Morgan fingerprint density at radius 2 is 1.84 bits per heavy atom. The summed E-state index contributed by atoms with van der Waals surface area (Å²) in [5.41, 5.74) is 2.54. The van der Waals surface area contributed by atoms with Crippen molar-refractivity contribution in [3.8, 4) is 0 Å². The van der Waals surface area contributed by atoms with Gasteiger partial charge in [-0.2, -0.15) is 0 Å². The number of aryl methyl sites for hydroxylation is 3. The molecule has 0 saturated carbocycles. The van der Waals surface area contributed by atoms with Gasteiger partial charge in [0.25, 0.3) is 5.56 Å². The lowest BCUT2D eigenvalue weighted by Gasteiger charge is -2.07. The van der Waals surface area contributed by atoms with Crippen LogP contribution in [0.1, 0.15) is 36.8 Å². The number of halogens is 1. The van der Waals surface area contributed by atoms with Crippen LogP contribution in [-0.2, 0) is 17.8 Å². The van der Waals surface area contributed by atoms with Crippen LogP contribution < -0.4 is 10.9 Å². The van der Waals surface area contributed by atoms with Gasteiger partial charge in [0.1, 0.15) is 0 Å². The maximum Gasteiger partial charge on any atom is 0.250 e. The van der Waals surface area contributed by atoms with Crippen molar-refractivity contribution in [1.82, 2.24) is 9.88 Å². The van der Waals surface area contributed by atoms with Gasteiger partial charge >= 0.3 is 0 Å². The minimum absolute atomic E-state index is 0.00309. The van der Waals surface area contributed by atoms with E-state index in [1.165, 1.54) is 11.1 Å². The van der Waals surface area contributed by atoms with Gasteiger partial charge in [-0.1, -0.05) is 29.8 Å². The van der Waals surface area contributed by atoms with Crippen molar-refractivity contribution in [2.75, 3.05) is 6.54 Å². The fourth-order valence-electron chi connectivity index (χ4n) is 2.61. The van der Waals surface area contributed by atoms with Crippen LogP contribution in [0, 0.1) is 6.92 Å². The summed E-state index contributed by atoms with van der Waals surface area (Å²) < 4.78 is 2.59. The van der Waals surface area contributed by atoms with Crippen molar-refractivity contribution < 1.29 is 4.79 Å². The zero-order chi connectivity index (χ0) is 18.1. The molecule has 1 aromatic carbocycles. The molecule has 0 aliphatic carbocycles. The molecule has 0 aliphatic rings. The number of carbonyl (C=O) groups is 1. The van der Waals surface area contributed by atoms with Crippen molar-refractivity contribution in [1.29, 1.82) is 0 Å². The lowest BCUT2D eigenvalue weighted by atomic mass is 10.1. The quantitative estimate of drug-likeness (QED) is 0.645. The van der Waals surface area contributed by atoms with Crippen LogP contribution in [0.15, 0.2) is 51.9 Å². The van der Waals surface area contributed by atoms with E-state index < -0.39 is 0 Å². The molecule has 0 saturated heterocycles. The molecule has 25 heavy (non-hydrogen) atoms. The molecule has 4 nitrogen and oxygen atoms in total. The zero-order valence-corrected chi connectivity index (χ0v) is 16.2. The minimum atomic E-state index is 0.00309. The van der Waals surface area contributed by atoms with Gasteiger partial charge in [-0.15, -0.1) is 0 Å². The Balaban J connectivity index is 1.57. The van der Waals surface area contributed by atoms with Crippen molar-refractivity contribution in [3.05, 3.63) is 68.5 Å². The smallest absolute Gasteiger partial charge is 0.250 e. The SMILES string of the molecule is Cc1ccc(CCCC(=O)NCCCCn2cc(Br)ccc2=O)cc1. The first kappa shape index (κ1) is 19.4. The van der Waals surface area contributed by atoms with E-state index >= 15 is 0 Å². The number of carbonyl (C=O) groups excluding carboxylic acids is 1. The van der Waals surface area contributed by atoms with Gasteiger partial charge in [-0.25, -0.2) is 0 Å². The second-order valence-electron chi connectivity index (χ2n) is 6.28. The average molecular weight is 405 g/mol. The van der Waals surface area contributed by atoms with E-state index in [0.29, 0.717) is 19.5 Å². The number of nitrogens with one attached hydrogen (secondary N) is 1. The van der Waals surface area contributed by atoms with E-state index in [1.54, 1.807) is 22.9 Å². The molecular weight excluding hydrogens is 380 g/mol. The largest absolute Gasteiger partial charge is 0.356 e. The Kier molecular flexibility index (Phi) is 7.92. The van der Waals surface area contributed by atoms with Crippen molar-refractivity contribution >= 4 is 21.8 Å². The van der Waals surface area contributed by atoms with Gasteiger partial charge in [0, 0.05) is 36.2 Å². The number of nitrogens with zero attached hydrogens (tertiary/aromatic N) is 1. The highest BCUT2D eigenvalue weighted by atomic mass is 79.9. The van der Waals surface area contributed by atoms with E-state index in [-0.39, 0.29) is 11.5 Å². The van der Waals surface area contributed by atoms with Crippen molar-refractivity contribution in [3.63, 3.8) is 0 Å². The number of aromatic nitrogens is 1. The molecule has 0 spiro atoms. The molecule has 2 aromatic rings. The summed E-state index contributed by atoms with van der Waals surface area (Å²) in [7, 11) is 0. The van der Waals surface area contributed by atoms with Crippen molar-refractivity contribution in [2.24, 2.45) is 0 Å². The first-order chi connectivity index (χ1) is 12.0. The molecule has 5 heteroatoms. The van der Waals surface area contributed by atoms with E-state index in [1.807, 2.05) is 0 Å². The number of hydrogen-bond donors (Lipinski definition) is 1. The van der Waals surface area contributed by atoms with Gasteiger partial charge in [0.05, 0.1) is 0 Å². The number of amides is 1. The summed E-state index contributed by atoms with van der Waals surface area (Å²) in [6, 6.07) is 11.8. The van der Waals surface area contributed by atoms with Crippen LogP contribution in [0.2, 0.25) is 0 Å². The third kappa shape index (κ3) is 7.26. The molecule has 1 heterocycles. The standard InChI is InChI=1S/C20H25BrN2O2/c1-16-7-9-17(10-8-16)5-4-6-19(24)22-13-2-3-14-23-15-18(21)11-12-20(23)25/h7-12,15H,2-6,13-14H2,1H3,(H,22,24). The third-order valence-electron chi connectivity index (χ3n) is 4.09. The molecule has 1 amide bonds. The van der Waals surface area contributed by atoms with E-state index in [9.17, 15) is 9.59 Å². The Labute approximate surface area is 157 Å². The second kappa shape index (κ2) is 10.2. The minimum Gasteiger partial charge on any atom is -0.356 e. The molecule has 2 rings (SSSR count). The molecule has 0 radical (unpaired) electrons. The fraction of sp³-hybridized carbons (Fsp3) is 0.400. The zero-order valence-electron chi connectivity index (χ0n) is 14.6. The number of benzene rings is 1.